The van der Waals surface area contributed by atoms with Gasteiger partial charge in [0, 0.05) is 11.9 Å². The molecule has 0 aliphatic heterocycles. The molecule has 0 amide bonds. The fraction of sp³-hybridized carbons (Fsp3) is 0.438. The van der Waals surface area contributed by atoms with Crippen molar-refractivity contribution in [2.45, 2.75) is 39.7 Å². The highest BCUT2D eigenvalue weighted by atomic mass is 79.9. The average molecular weight is 400 g/mol. The van der Waals surface area contributed by atoms with Crippen LogP contribution in [0.4, 0.5) is 0 Å². The molecule has 4 heteroatoms. The first-order valence-corrected chi connectivity index (χ1v) is 8.83. The molecule has 1 aromatic carbocycles. The largest absolute Gasteiger partial charge is 0.268 e. The summed E-state index contributed by atoms with van der Waals surface area (Å²) in [4.78, 5) is 0. The highest BCUT2D eigenvalue weighted by Gasteiger charge is 2.19. The quantitative estimate of drug-likeness (QED) is 0.646. The Morgan fingerprint density at radius 3 is 2.55 bits per heavy atom. The van der Waals surface area contributed by atoms with Crippen LogP contribution in [0, 0.1) is 13.8 Å². The number of benzene rings is 1. The van der Waals surface area contributed by atoms with E-state index in [4.69, 9.17) is 0 Å². The van der Waals surface area contributed by atoms with Gasteiger partial charge < -0.3 is 0 Å². The van der Waals surface area contributed by atoms with Crippen molar-refractivity contribution in [3.63, 3.8) is 0 Å². The van der Waals surface area contributed by atoms with E-state index in [9.17, 15) is 0 Å². The fourth-order valence-corrected chi connectivity index (χ4v) is 3.61. The molecule has 108 valence electrons. The zero-order valence-electron chi connectivity index (χ0n) is 12.2. The number of hydrogen-bond acceptors (Lipinski definition) is 1. The number of hydrogen-bond donors (Lipinski definition) is 0. The van der Waals surface area contributed by atoms with Crippen molar-refractivity contribution in [1.29, 1.82) is 0 Å². The van der Waals surface area contributed by atoms with Crippen molar-refractivity contribution in [2.24, 2.45) is 0 Å². The Morgan fingerprint density at radius 2 is 1.95 bits per heavy atom. The molecule has 1 heterocycles. The molecule has 2 rings (SSSR count). The maximum atomic E-state index is 4.59. The van der Waals surface area contributed by atoms with Gasteiger partial charge in [0.2, 0.25) is 0 Å². The van der Waals surface area contributed by atoms with E-state index in [1.54, 1.807) is 0 Å². The van der Waals surface area contributed by atoms with Crippen LogP contribution in [0.25, 0.3) is 0 Å². The van der Waals surface area contributed by atoms with Crippen molar-refractivity contribution < 1.29 is 0 Å². The summed E-state index contributed by atoms with van der Waals surface area (Å²) >= 11 is 7.37. The van der Waals surface area contributed by atoms with Crippen molar-refractivity contribution >= 4 is 31.9 Å². The maximum absolute atomic E-state index is 4.59. The van der Waals surface area contributed by atoms with Gasteiger partial charge in [-0.25, -0.2) is 0 Å². The Hall–Kier alpha value is -0.610. The van der Waals surface area contributed by atoms with E-state index in [1.807, 2.05) is 0 Å². The van der Waals surface area contributed by atoms with Crippen molar-refractivity contribution in [3.8, 4) is 0 Å². The third-order valence-electron chi connectivity index (χ3n) is 3.71. The van der Waals surface area contributed by atoms with Gasteiger partial charge in [-0.3, -0.25) is 4.68 Å². The van der Waals surface area contributed by atoms with Crippen LogP contribution in [0.5, 0.6) is 0 Å². The monoisotopic (exact) mass is 398 g/mol. The summed E-state index contributed by atoms with van der Waals surface area (Å²) in [5, 5.41) is 5.54. The highest BCUT2D eigenvalue weighted by Crippen LogP contribution is 2.30. The molecule has 0 saturated heterocycles. The summed E-state index contributed by atoms with van der Waals surface area (Å²) in [6.45, 7) is 7.28. The first-order chi connectivity index (χ1) is 9.58. The predicted octanol–water partition coefficient (Wildman–Crippen LogP) is 5.00. The van der Waals surface area contributed by atoms with Gasteiger partial charge in [-0.1, -0.05) is 40.2 Å². The van der Waals surface area contributed by atoms with Crippen LogP contribution < -0.4 is 0 Å². The standard InChI is InChI=1S/C16H20Br2N2/c1-4-20-15(16(18)12(3)19-20)9-13(10-17)14-8-6-5-7-11(14)2/h5-8,13H,4,9-10H2,1-3H3. The summed E-state index contributed by atoms with van der Waals surface area (Å²) in [7, 11) is 0. The van der Waals surface area contributed by atoms with E-state index in [1.165, 1.54) is 16.8 Å². The minimum atomic E-state index is 0.467. The van der Waals surface area contributed by atoms with E-state index in [-0.39, 0.29) is 0 Å². The zero-order chi connectivity index (χ0) is 14.7. The van der Waals surface area contributed by atoms with Crippen LogP contribution in [-0.2, 0) is 13.0 Å². The minimum absolute atomic E-state index is 0.467. The smallest absolute Gasteiger partial charge is 0.0738 e. The molecule has 0 aliphatic rings. The van der Waals surface area contributed by atoms with Gasteiger partial charge in [-0.05, 0) is 60.2 Å². The Morgan fingerprint density at radius 1 is 1.25 bits per heavy atom. The SMILES string of the molecule is CCn1nc(C)c(Br)c1CC(CBr)c1ccccc1C. The number of aryl methyl sites for hydroxylation is 3. The number of aromatic nitrogens is 2. The summed E-state index contributed by atoms with van der Waals surface area (Å²) < 4.78 is 3.26. The first kappa shape index (κ1) is 15.8. The molecule has 1 atom stereocenters. The molecule has 0 spiro atoms. The summed E-state index contributed by atoms with van der Waals surface area (Å²) in [6.07, 6.45) is 0.991. The number of halogens is 2. The molecule has 2 nitrogen and oxygen atoms in total. The van der Waals surface area contributed by atoms with E-state index in [0.29, 0.717) is 5.92 Å². The minimum Gasteiger partial charge on any atom is -0.268 e. The maximum Gasteiger partial charge on any atom is 0.0738 e. The van der Waals surface area contributed by atoms with Crippen LogP contribution in [0.1, 0.15) is 35.4 Å². The molecule has 1 aromatic heterocycles. The van der Waals surface area contributed by atoms with Gasteiger partial charge in [0.1, 0.15) is 0 Å². The molecule has 2 aromatic rings. The Balaban J connectivity index is 2.34. The van der Waals surface area contributed by atoms with Gasteiger partial charge in [0.25, 0.3) is 0 Å². The Kier molecular flexibility index (Phi) is 5.44. The van der Waals surface area contributed by atoms with Crippen molar-refractivity contribution in [1.82, 2.24) is 9.78 Å². The normalized spacial score (nSPS) is 12.7. The van der Waals surface area contributed by atoms with E-state index >= 15 is 0 Å². The Labute approximate surface area is 137 Å². The van der Waals surface area contributed by atoms with Crippen LogP contribution in [0.3, 0.4) is 0 Å². The van der Waals surface area contributed by atoms with Gasteiger partial charge in [-0.2, -0.15) is 5.10 Å². The topological polar surface area (TPSA) is 17.8 Å². The van der Waals surface area contributed by atoms with E-state index in [2.05, 4.69) is 86.7 Å². The summed E-state index contributed by atoms with van der Waals surface area (Å²) in [5.74, 6) is 0.467. The highest BCUT2D eigenvalue weighted by molar-refractivity contribution is 9.10. The van der Waals surface area contributed by atoms with Gasteiger partial charge >= 0.3 is 0 Å². The molecule has 0 N–H and O–H groups in total. The zero-order valence-corrected chi connectivity index (χ0v) is 15.3. The predicted molar refractivity (Wildman–Crippen MR) is 91.8 cm³/mol. The molecule has 0 bridgehead atoms. The lowest BCUT2D eigenvalue weighted by Crippen LogP contribution is -2.11. The first-order valence-electron chi connectivity index (χ1n) is 6.91. The number of alkyl halides is 1. The second-order valence-corrected chi connectivity index (χ2v) is 6.51. The molecular formula is C16H20Br2N2. The molecular weight excluding hydrogens is 380 g/mol. The van der Waals surface area contributed by atoms with Crippen LogP contribution >= 0.6 is 31.9 Å². The second-order valence-electron chi connectivity index (χ2n) is 5.07. The summed E-state index contributed by atoms with van der Waals surface area (Å²) in [6, 6.07) is 8.63. The van der Waals surface area contributed by atoms with Crippen molar-refractivity contribution in [3.05, 3.63) is 51.3 Å². The average Bonchev–Trinajstić information content (AvgIpc) is 2.73. The molecule has 1 unspecified atom stereocenters. The number of nitrogens with zero attached hydrogens (tertiary/aromatic N) is 2. The molecule has 0 saturated carbocycles. The lowest BCUT2D eigenvalue weighted by Gasteiger charge is -2.18. The van der Waals surface area contributed by atoms with Gasteiger partial charge in [0.15, 0.2) is 0 Å². The molecule has 0 radical (unpaired) electrons. The van der Waals surface area contributed by atoms with Gasteiger partial charge in [-0.15, -0.1) is 0 Å². The van der Waals surface area contributed by atoms with E-state index in [0.717, 1.165) is 28.5 Å². The molecule has 0 aliphatic carbocycles. The Bertz CT molecular complexity index is 590. The lowest BCUT2D eigenvalue weighted by atomic mass is 9.92. The molecule has 0 fully saturated rings. The van der Waals surface area contributed by atoms with Crippen LogP contribution in [0.15, 0.2) is 28.7 Å². The second kappa shape index (κ2) is 6.90. The third-order valence-corrected chi connectivity index (χ3v) is 5.52. The van der Waals surface area contributed by atoms with Crippen LogP contribution in [0.2, 0.25) is 0 Å². The fourth-order valence-electron chi connectivity index (χ4n) is 2.59. The van der Waals surface area contributed by atoms with E-state index < -0.39 is 0 Å². The molecule has 20 heavy (non-hydrogen) atoms. The van der Waals surface area contributed by atoms with Crippen LogP contribution in [-0.4, -0.2) is 15.1 Å². The van der Waals surface area contributed by atoms with Crippen molar-refractivity contribution in [2.75, 3.05) is 5.33 Å². The van der Waals surface area contributed by atoms with Gasteiger partial charge in [0.05, 0.1) is 15.9 Å². The number of rotatable bonds is 5. The summed E-state index contributed by atoms with van der Waals surface area (Å²) in [5.41, 5.74) is 5.13. The lowest BCUT2D eigenvalue weighted by molar-refractivity contribution is 0.595. The third kappa shape index (κ3) is 3.17.